The predicted octanol–water partition coefficient (Wildman–Crippen LogP) is 3.69. The summed E-state index contributed by atoms with van der Waals surface area (Å²) in [5.74, 6) is 0. The molecule has 1 aromatic rings. The molecule has 1 aromatic carbocycles. The van der Waals surface area contributed by atoms with Crippen LogP contribution in [0.4, 0.5) is 0 Å². The van der Waals surface area contributed by atoms with Gasteiger partial charge >= 0.3 is 0 Å². The summed E-state index contributed by atoms with van der Waals surface area (Å²) in [7, 11) is 0. The Morgan fingerprint density at radius 3 is 2.61 bits per heavy atom. The number of hydrogen-bond acceptors (Lipinski definition) is 2. The Bertz CT molecular complexity index is 319. The number of nitrogens with one attached hydrogen (secondary N) is 1. The van der Waals surface area contributed by atoms with Crippen molar-refractivity contribution in [3.05, 3.63) is 35.9 Å². The lowest BCUT2D eigenvalue weighted by molar-refractivity contribution is 0.0744. The second-order valence-corrected chi connectivity index (χ2v) is 5.16. The second-order valence-electron chi connectivity index (χ2n) is 5.16. The smallest absolute Gasteiger partial charge is 0.0480 e. The zero-order valence-electron chi connectivity index (χ0n) is 11.4. The van der Waals surface area contributed by atoms with Gasteiger partial charge in [-0.2, -0.15) is 0 Å². The van der Waals surface area contributed by atoms with E-state index in [1.807, 2.05) is 0 Å². The van der Waals surface area contributed by atoms with Crippen molar-refractivity contribution < 1.29 is 4.74 Å². The van der Waals surface area contributed by atoms with Gasteiger partial charge in [0.05, 0.1) is 0 Å². The standard InChI is InChI=1S/C16H25NO/c1-2-3-9-16(14-7-5-4-6-8-14)17-15-10-12-18-13-11-15/h4-8,15-17H,2-3,9-13H2,1H3. The van der Waals surface area contributed by atoms with Gasteiger partial charge in [0.1, 0.15) is 0 Å². The fraction of sp³-hybridized carbons (Fsp3) is 0.625. The van der Waals surface area contributed by atoms with Gasteiger partial charge in [0.2, 0.25) is 0 Å². The lowest BCUT2D eigenvalue weighted by atomic mass is 9.98. The Kier molecular flexibility index (Phi) is 5.69. The van der Waals surface area contributed by atoms with Gasteiger partial charge in [-0.15, -0.1) is 0 Å². The van der Waals surface area contributed by atoms with Gasteiger partial charge in [-0.05, 0) is 24.8 Å². The Labute approximate surface area is 111 Å². The van der Waals surface area contributed by atoms with Crippen LogP contribution in [0.3, 0.4) is 0 Å². The summed E-state index contributed by atoms with van der Waals surface area (Å²) < 4.78 is 5.43. The quantitative estimate of drug-likeness (QED) is 0.828. The van der Waals surface area contributed by atoms with E-state index < -0.39 is 0 Å². The molecule has 0 radical (unpaired) electrons. The summed E-state index contributed by atoms with van der Waals surface area (Å²) >= 11 is 0. The fourth-order valence-electron chi connectivity index (χ4n) is 2.59. The summed E-state index contributed by atoms with van der Waals surface area (Å²) in [5.41, 5.74) is 1.43. The predicted molar refractivity (Wildman–Crippen MR) is 75.7 cm³/mol. The number of hydrogen-bond donors (Lipinski definition) is 1. The molecule has 2 heteroatoms. The van der Waals surface area contributed by atoms with E-state index in [9.17, 15) is 0 Å². The second kappa shape index (κ2) is 7.55. The normalized spacial score (nSPS) is 18.7. The van der Waals surface area contributed by atoms with Crippen LogP contribution in [-0.2, 0) is 4.74 Å². The summed E-state index contributed by atoms with van der Waals surface area (Å²) in [6, 6.07) is 12.0. The largest absolute Gasteiger partial charge is 0.381 e. The Balaban J connectivity index is 1.95. The molecule has 0 amide bonds. The number of unbranched alkanes of at least 4 members (excludes halogenated alkanes) is 1. The molecule has 1 aliphatic heterocycles. The maximum absolute atomic E-state index is 5.43. The van der Waals surface area contributed by atoms with Crippen LogP contribution < -0.4 is 5.32 Å². The van der Waals surface area contributed by atoms with Gasteiger partial charge in [-0.25, -0.2) is 0 Å². The van der Waals surface area contributed by atoms with Crippen LogP contribution in [-0.4, -0.2) is 19.3 Å². The van der Waals surface area contributed by atoms with Crippen molar-refractivity contribution in [1.29, 1.82) is 0 Å². The highest BCUT2D eigenvalue weighted by Gasteiger charge is 2.18. The van der Waals surface area contributed by atoms with Crippen LogP contribution in [0.5, 0.6) is 0 Å². The minimum absolute atomic E-state index is 0.509. The first kappa shape index (κ1) is 13.6. The highest BCUT2D eigenvalue weighted by atomic mass is 16.5. The summed E-state index contributed by atoms with van der Waals surface area (Å²) in [6.07, 6.45) is 6.08. The average molecular weight is 247 g/mol. The first-order valence-electron chi connectivity index (χ1n) is 7.29. The van der Waals surface area contributed by atoms with Crippen molar-refractivity contribution in [2.75, 3.05) is 13.2 Å². The van der Waals surface area contributed by atoms with Crippen LogP contribution >= 0.6 is 0 Å². The molecule has 1 N–H and O–H groups in total. The number of rotatable bonds is 6. The summed E-state index contributed by atoms with van der Waals surface area (Å²) in [4.78, 5) is 0. The van der Waals surface area contributed by atoms with Crippen molar-refractivity contribution in [2.45, 2.75) is 51.1 Å². The maximum Gasteiger partial charge on any atom is 0.0480 e. The Hall–Kier alpha value is -0.860. The topological polar surface area (TPSA) is 21.3 Å². The van der Waals surface area contributed by atoms with Crippen molar-refractivity contribution in [3.63, 3.8) is 0 Å². The number of ether oxygens (including phenoxy) is 1. The van der Waals surface area contributed by atoms with Gasteiger partial charge in [0, 0.05) is 25.3 Å². The SMILES string of the molecule is CCCCC(NC1CCOCC1)c1ccccc1. The average Bonchev–Trinajstić information content (AvgIpc) is 2.45. The molecule has 0 saturated carbocycles. The van der Waals surface area contributed by atoms with E-state index in [2.05, 4.69) is 42.6 Å². The molecular weight excluding hydrogens is 222 g/mol. The highest BCUT2D eigenvalue weighted by Crippen LogP contribution is 2.21. The van der Waals surface area contributed by atoms with Gasteiger partial charge in [-0.3, -0.25) is 0 Å². The van der Waals surface area contributed by atoms with Crippen LogP contribution in [0.15, 0.2) is 30.3 Å². The Morgan fingerprint density at radius 1 is 1.22 bits per heavy atom. The first-order valence-corrected chi connectivity index (χ1v) is 7.29. The van der Waals surface area contributed by atoms with E-state index in [1.165, 1.54) is 24.8 Å². The Morgan fingerprint density at radius 2 is 1.94 bits per heavy atom. The van der Waals surface area contributed by atoms with Crippen molar-refractivity contribution in [1.82, 2.24) is 5.32 Å². The maximum atomic E-state index is 5.43. The lowest BCUT2D eigenvalue weighted by Gasteiger charge is -2.29. The molecule has 100 valence electrons. The van der Waals surface area contributed by atoms with Crippen molar-refractivity contribution >= 4 is 0 Å². The van der Waals surface area contributed by atoms with E-state index in [4.69, 9.17) is 4.74 Å². The monoisotopic (exact) mass is 247 g/mol. The summed E-state index contributed by atoms with van der Waals surface area (Å²) in [6.45, 7) is 4.08. The van der Waals surface area contributed by atoms with Crippen molar-refractivity contribution in [3.8, 4) is 0 Å². The van der Waals surface area contributed by atoms with E-state index in [0.29, 0.717) is 12.1 Å². The molecule has 1 aliphatic rings. The molecule has 1 unspecified atom stereocenters. The molecule has 0 aliphatic carbocycles. The molecule has 1 saturated heterocycles. The zero-order chi connectivity index (χ0) is 12.6. The van der Waals surface area contributed by atoms with Gasteiger partial charge in [-0.1, -0.05) is 50.1 Å². The summed E-state index contributed by atoms with van der Waals surface area (Å²) in [5, 5.41) is 3.83. The zero-order valence-corrected chi connectivity index (χ0v) is 11.4. The molecule has 2 nitrogen and oxygen atoms in total. The molecular formula is C16H25NO. The molecule has 0 bridgehead atoms. The highest BCUT2D eigenvalue weighted by molar-refractivity contribution is 5.19. The first-order chi connectivity index (χ1) is 8.90. The molecule has 2 rings (SSSR count). The minimum atomic E-state index is 0.509. The van der Waals surface area contributed by atoms with E-state index >= 15 is 0 Å². The third-order valence-electron chi connectivity index (χ3n) is 3.71. The van der Waals surface area contributed by atoms with E-state index in [0.717, 1.165) is 26.1 Å². The van der Waals surface area contributed by atoms with Gasteiger partial charge in [0.15, 0.2) is 0 Å². The van der Waals surface area contributed by atoms with Crippen LogP contribution in [0.25, 0.3) is 0 Å². The third-order valence-corrected chi connectivity index (χ3v) is 3.71. The lowest BCUT2D eigenvalue weighted by Crippen LogP contribution is -2.37. The molecule has 0 aromatic heterocycles. The molecule has 18 heavy (non-hydrogen) atoms. The van der Waals surface area contributed by atoms with E-state index in [1.54, 1.807) is 0 Å². The van der Waals surface area contributed by atoms with Gasteiger partial charge < -0.3 is 10.1 Å². The van der Waals surface area contributed by atoms with E-state index in [-0.39, 0.29) is 0 Å². The van der Waals surface area contributed by atoms with Crippen molar-refractivity contribution in [2.24, 2.45) is 0 Å². The third kappa shape index (κ3) is 4.11. The van der Waals surface area contributed by atoms with Crippen LogP contribution in [0.2, 0.25) is 0 Å². The number of benzene rings is 1. The fourth-order valence-corrected chi connectivity index (χ4v) is 2.59. The minimum Gasteiger partial charge on any atom is -0.381 e. The molecule has 1 fully saturated rings. The van der Waals surface area contributed by atoms with Crippen LogP contribution in [0, 0.1) is 0 Å². The molecule has 1 heterocycles. The molecule has 1 atom stereocenters. The van der Waals surface area contributed by atoms with Gasteiger partial charge in [0.25, 0.3) is 0 Å². The van der Waals surface area contributed by atoms with Crippen LogP contribution in [0.1, 0.15) is 50.6 Å². The molecule has 0 spiro atoms.